The molecule has 0 aliphatic heterocycles. The summed E-state index contributed by atoms with van der Waals surface area (Å²) in [6.07, 6.45) is 6.65. The van der Waals surface area contributed by atoms with E-state index in [4.69, 9.17) is 0 Å². The number of aliphatic imine (C=N–C) groups is 1. The highest BCUT2D eigenvalue weighted by atomic mass is 127. The Labute approximate surface area is 187 Å². The molecule has 0 aliphatic rings. The second-order valence-corrected chi connectivity index (χ2v) is 7.18. The van der Waals surface area contributed by atoms with Gasteiger partial charge in [0.15, 0.2) is 5.96 Å². The lowest BCUT2D eigenvalue weighted by Crippen LogP contribution is -2.42. The fraction of sp³-hybridized carbons (Fsp3) is 0.591. The van der Waals surface area contributed by atoms with Crippen LogP contribution in [-0.2, 0) is 6.42 Å². The van der Waals surface area contributed by atoms with Gasteiger partial charge in [-0.1, -0.05) is 32.0 Å². The van der Waals surface area contributed by atoms with Crippen LogP contribution in [0.25, 0.3) is 10.9 Å². The molecule has 6 heteroatoms. The molecule has 2 rings (SSSR count). The second kappa shape index (κ2) is 13.8. The molecule has 0 bridgehead atoms. The Morgan fingerprint density at radius 1 is 1.18 bits per heavy atom. The molecule has 0 amide bonds. The first-order valence-electron chi connectivity index (χ1n) is 10.4. The molecule has 1 aromatic carbocycles. The van der Waals surface area contributed by atoms with Crippen molar-refractivity contribution in [1.29, 1.82) is 0 Å². The standard InChI is InChI=1S/C22H37N5.HI/c1-5-27(6-2)16-10-11-18(3)26-22(23-4)24-15-9-12-19-17-25-21-14-8-7-13-20(19)21;/h7-8,13-14,17-18,25H,5-6,9-12,15-16H2,1-4H3,(H2,23,24,26);1H. The molecule has 0 aliphatic carbocycles. The Balaban J connectivity index is 0.00000392. The molecule has 0 saturated heterocycles. The molecule has 2 aromatic rings. The highest BCUT2D eigenvalue weighted by Gasteiger charge is 2.07. The van der Waals surface area contributed by atoms with Gasteiger partial charge in [-0.05, 0) is 63.9 Å². The molecule has 28 heavy (non-hydrogen) atoms. The van der Waals surface area contributed by atoms with Crippen molar-refractivity contribution in [1.82, 2.24) is 20.5 Å². The SMILES string of the molecule is CCN(CC)CCCC(C)NC(=NC)NCCCc1c[nH]c2ccccc12.I. The molecule has 0 spiro atoms. The van der Waals surface area contributed by atoms with E-state index in [1.807, 2.05) is 7.05 Å². The number of aromatic amines is 1. The number of H-pyrrole nitrogens is 1. The smallest absolute Gasteiger partial charge is 0.191 e. The molecule has 0 saturated carbocycles. The van der Waals surface area contributed by atoms with Crippen LogP contribution in [0.3, 0.4) is 0 Å². The van der Waals surface area contributed by atoms with Gasteiger partial charge in [0, 0.05) is 36.7 Å². The first-order chi connectivity index (χ1) is 13.2. The van der Waals surface area contributed by atoms with Crippen LogP contribution in [-0.4, -0.2) is 55.1 Å². The summed E-state index contributed by atoms with van der Waals surface area (Å²) in [5.74, 6) is 0.907. The number of halogens is 1. The lowest BCUT2D eigenvalue weighted by molar-refractivity contribution is 0.292. The molecule has 0 radical (unpaired) electrons. The molecule has 158 valence electrons. The lowest BCUT2D eigenvalue weighted by atomic mass is 10.1. The monoisotopic (exact) mass is 499 g/mol. The maximum atomic E-state index is 4.37. The fourth-order valence-electron chi connectivity index (χ4n) is 3.49. The van der Waals surface area contributed by atoms with Crippen molar-refractivity contribution < 1.29 is 0 Å². The number of hydrogen-bond donors (Lipinski definition) is 3. The number of para-hydroxylation sites is 1. The maximum absolute atomic E-state index is 4.37. The van der Waals surface area contributed by atoms with Gasteiger partial charge in [0.2, 0.25) is 0 Å². The minimum atomic E-state index is 0. The van der Waals surface area contributed by atoms with Crippen molar-refractivity contribution in [2.45, 2.75) is 52.5 Å². The summed E-state index contributed by atoms with van der Waals surface area (Å²) in [5, 5.41) is 8.30. The first-order valence-corrected chi connectivity index (χ1v) is 10.4. The number of guanidine groups is 1. The third-order valence-corrected chi connectivity index (χ3v) is 5.20. The number of nitrogens with one attached hydrogen (secondary N) is 3. The van der Waals surface area contributed by atoms with E-state index in [2.05, 4.69) is 76.7 Å². The molecule has 1 heterocycles. The summed E-state index contributed by atoms with van der Waals surface area (Å²) in [6.45, 7) is 11.1. The van der Waals surface area contributed by atoms with E-state index in [1.165, 1.54) is 29.4 Å². The van der Waals surface area contributed by atoms with Gasteiger partial charge in [-0.2, -0.15) is 0 Å². The van der Waals surface area contributed by atoms with Crippen LogP contribution in [0.2, 0.25) is 0 Å². The van der Waals surface area contributed by atoms with Crippen molar-refractivity contribution in [3.63, 3.8) is 0 Å². The van der Waals surface area contributed by atoms with Crippen LogP contribution in [0.4, 0.5) is 0 Å². The van der Waals surface area contributed by atoms with Gasteiger partial charge in [-0.3, -0.25) is 4.99 Å². The zero-order valence-electron chi connectivity index (χ0n) is 17.9. The summed E-state index contributed by atoms with van der Waals surface area (Å²) in [5.41, 5.74) is 2.61. The number of hydrogen-bond acceptors (Lipinski definition) is 2. The van der Waals surface area contributed by atoms with Crippen LogP contribution in [0.15, 0.2) is 35.5 Å². The number of rotatable bonds is 11. The molecule has 1 unspecified atom stereocenters. The third kappa shape index (κ3) is 7.99. The summed E-state index contributed by atoms with van der Waals surface area (Å²) < 4.78 is 0. The highest BCUT2D eigenvalue weighted by molar-refractivity contribution is 14.0. The molecule has 0 fully saturated rings. The zero-order chi connectivity index (χ0) is 19.5. The number of aryl methyl sites for hydroxylation is 1. The Hall–Kier alpha value is -1.28. The highest BCUT2D eigenvalue weighted by Crippen LogP contribution is 2.18. The van der Waals surface area contributed by atoms with Gasteiger partial charge in [0.05, 0.1) is 0 Å². The van der Waals surface area contributed by atoms with Crippen LogP contribution < -0.4 is 10.6 Å². The summed E-state index contributed by atoms with van der Waals surface area (Å²) in [6, 6.07) is 8.92. The minimum Gasteiger partial charge on any atom is -0.361 e. The van der Waals surface area contributed by atoms with Gasteiger partial charge < -0.3 is 20.5 Å². The Bertz CT molecular complexity index is 693. The third-order valence-electron chi connectivity index (χ3n) is 5.20. The average molecular weight is 499 g/mol. The summed E-state index contributed by atoms with van der Waals surface area (Å²) in [7, 11) is 1.84. The topological polar surface area (TPSA) is 55.4 Å². The van der Waals surface area contributed by atoms with Gasteiger partial charge >= 0.3 is 0 Å². The van der Waals surface area contributed by atoms with Crippen LogP contribution >= 0.6 is 24.0 Å². The molecular weight excluding hydrogens is 461 g/mol. The van der Waals surface area contributed by atoms with E-state index in [0.717, 1.165) is 44.9 Å². The van der Waals surface area contributed by atoms with Gasteiger partial charge in [-0.15, -0.1) is 24.0 Å². The number of nitrogens with zero attached hydrogens (tertiary/aromatic N) is 2. The normalized spacial score (nSPS) is 12.8. The van der Waals surface area contributed by atoms with Crippen LogP contribution in [0.5, 0.6) is 0 Å². The van der Waals surface area contributed by atoms with Gasteiger partial charge in [-0.25, -0.2) is 0 Å². The van der Waals surface area contributed by atoms with Crippen LogP contribution in [0, 0.1) is 0 Å². The summed E-state index contributed by atoms with van der Waals surface area (Å²) in [4.78, 5) is 10.2. The van der Waals surface area contributed by atoms with Crippen molar-refractivity contribution in [2.75, 3.05) is 33.2 Å². The Kier molecular flexibility index (Phi) is 12.2. The second-order valence-electron chi connectivity index (χ2n) is 7.18. The molecule has 5 nitrogen and oxygen atoms in total. The average Bonchev–Trinajstić information content (AvgIpc) is 3.10. The maximum Gasteiger partial charge on any atom is 0.191 e. The van der Waals surface area contributed by atoms with Crippen molar-refractivity contribution >= 4 is 40.8 Å². The first kappa shape index (κ1) is 24.8. The van der Waals surface area contributed by atoms with E-state index in [0.29, 0.717) is 6.04 Å². The lowest BCUT2D eigenvalue weighted by Gasteiger charge is -2.21. The molecular formula is C22H38IN5. The molecule has 1 aromatic heterocycles. The van der Waals surface area contributed by atoms with E-state index in [1.54, 1.807) is 0 Å². The van der Waals surface area contributed by atoms with Crippen molar-refractivity contribution in [3.8, 4) is 0 Å². The van der Waals surface area contributed by atoms with Gasteiger partial charge in [0.1, 0.15) is 0 Å². The predicted octanol–water partition coefficient (Wildman–Crippen LogP) is 4.39. The van der Waals surface area contributed by atoms with Gasteiger partial charge in [0.25, 0.3) is 0 Å². The van der Waals surface area contributed by atoms with Crippen molar-refractivity contribution in [3.05, 3.63) is 36.0 Å². The van der Waals surface area contributed by atoms with Crippen LogP contribution in [0.1, 0.15) is 45.6 Å². The van der Waals surface area contributed by atoms with Crippen molar-refractivity contribution in [2.24, 2.45) is 4.99 Å². The quantitative estimate of drug-likeness (QED) is 0.186. The van der Waals surface area contributed by atoms with E-state index in [-0.39, 0.29) is 24.0 Å². The fourth-order valence-corrected chi connectivity index (χ4v) is 3.49. The molecule has 1 atom stereocenters. The number of aromatic nitrogens is 1. The Morgan fingerprint density at radius 3 is 2.64 bits per heavy atom. The molecule has 3 N–H and O–H groups in total. The van der Waals surface area contributed by atoms with E-state index in [9.17, 15) is 0 Å². The van der Waals surface area contributed by atoms with E-state index >= 15 is 0 Å². The summed E-state index contributed by atoms with van der Waals surface area (Å²) >= 11 is 0. The number of benzene rings is 1. The number of fused-ring (bicyclic) bond motifs is 1. The Morgan fingerprint density at radius 2 is 1.93 bits per heavy atom. The zero-order valence-corrected chi connectivity index (χ0v) is 20.3. The van der Waals surface area contributed by atoms with E-state index < -0.39 is 0 Å². The largest absolute Gasteiger partial charge is 0.361 e. The minimum absolute atomic E-state index is 0. The predicted molar refractivity (Wildman–Crippen MR) is 133 cm³/mol.